The molecule has 0 amide bonds. The number of aromatic nitrogens is 1. The minimum Gasteiger partial charge on any atom is -0.475 e. The molecule has 0 saturated carbocycles. The summed E-state index contributed by atoms with van der Waals surface area (Å²) >= 11 is 0. The van der Waals surface area contributed by atoms with E-state index in [1.165, 1.54) is 0 Å². The van der Waals surface area contributed by atoms with Gasteiger partial charge in [-0.15, -0.1) is 0 Å². The molecule has 0 unspecified atom stereocenters. The van der Waals surface area contributed by atoms with E-state index in [0.717, 1.165) is 63.6 Å². The molecule has 1 aliphatic rings. The van der Waals surface area contributed by atoms with E-state index in [9.17, 15) is 0 Å². The van der Waals surface area contributed by atoms with Crippen molar-refractivity contribution in [3.8, 4) is 5.88 Å². The molecule has 1 aromatic rings. The molecule has 1 fully saturated rings. The zero-order valence-electron chi connectivity index (χ0n) is 18.1. The highest BCUT2D eigenvalue weighted by Crippen LogP contribution is 2.17. The number of nitrogens with one attached hydrogen (secondary N) is 1. The monoisotopic (exact) mass is 408 g/mol. The van der Waals surface area contributed by atoms with Crippen molar-refractivity contribution in [1.29, 1.82) is 0 Å². The lowest BCUT2D eigenvalue weighted by Crippen LogP contribution is -2.47. The van der Waals surface area contributed by atoms with Gasteiger partial charge in [0.15, 0.2) is 5.96 Å². The summed E-state index contributed by atoms with van der Waals surface area (Å²) < 4.78 is 21.8. The predicted molar refractivity (Wildman–Crippen MR) is 113 cm³/mol. The maximum atomic E-state index is 5.96. The SMILES string of the molecule is CCNC(=NCc1cccnc1OCCOC)N1CCC(OCCCOC)CC1. The third-order valence-electron chi connectivity index (χ3n) is 4.70. The molecule has 8 nitrogen and oxygen atoms in total. The first-order chi connectivity index (χ1) is 14.3. The highest BCUT2D eigenvalue weighted by Gasteiger charge is 2.22. The number of nitrogens with zero attached hydrogens (tertiary/aromatic N) is 3. The second kappa shape index (κ2) is 14.1. The number of rotatable bonds is 12. The topological polar surface area (TPSA) is 77.4 Å². The molecule has 164 valence electrons. The Kier molecular flexibility index (Phi) is 11.4. The molecular weight excluding hydrogens is 372 g/mol. The van der Waals surface area contributed by atoms with Crippen LogP contribution in [0.4, 0.5) is 0 Å². The minimum atomic E-state index is 0.324. The normalized spacial score (nSPS) is 15.6. The summed E-state index contributed by atoms with van der Waals surface area (Å²) in [6, 6.07) is 3.91. The Balaban J connectivity index is 1.89. The van der Waals surface area contributed by atoms with Crippen molar-refractivity contribution >= 4 is 5.96 Å². The molecule has 0 aliphatic carbocycles. The molecule has 0 radical (unpaired) electrons. The number of aliphatic imine (C=N–C) groups is 1. The highest BCUT2D eigenvalue weighted by atomic mass is 16.5. The van der Waals surface area contributed by atoms with E-state index in [-0.39, 0.29) is 0 Å². The summed E-state index contributed by atoms with van der Waals surface area (Å²) in [6.07, 6.45) is 5.02. The van der Waals surface area contributed by atoms with Crippen molar-refractivity contribution in [3.05, 3.63) is 23.9 Å². The Labute approximate surface area is 174 Å². The quantitative estimate of drug-likeness (QED) is 0.322. The van der Waals surface area contributed by atoms with Crippen LogP contribution < -0.4 is 10.1 Å². The molecule has 2 rings (SSSR count). The molecule has 8 heteroatoms. The fraction of sp³-hybridized carbons (Fsp3) is 0.714. The Morgan fingerprint density at radius 2 is 1.97 bits per heavy atom. The van der Waals surface area contributed by atoms with Gasteiger partial charge in [-0.3, -0.25) is 0 Å². The first-order valence-corrected chi connectivity index (χ1v) is 10.5. The van der Waals surface area contributed by atoms with Gasteiger partial charge in [-0.25, -0.2) is 9.98 Å². The molecular formula is C21H36N4O4. The van der Waals surface area contributed by atoms with Crippen molar-refractivity contribution in [2.24, 2.45) is 4.99 Å². The largest absolute Gasteiger partial charge is 0.475 e. The van der Waals surface area contributed by atoms with Gasteiger partial charge < -0.3 is 29.2 Å². The molecule has 2 heterocycles. The fourth-order valence-electron chi connectivity index (χ4n) is 3.17. The van der Waals surface area contributed by atoms with Crippen LogP contribution in [0.2, 0.25) is 0 Å². The van der Waals surface area contributed by atoms with Crippen molar-refractivity contribution in [2.45, 2.75) is 38.8 Å². The first-order valence-electron chi connectivity index (χ1n) is 10.5. The Bertz CT molecular complexity index is 592. The van der Waals surface area contributed by atoms with Gasteiger partial charge in [-0.05, 0) is 32.3 Å². The van der Waals surface area contributed by atoms with Crippen LogP contribution in [0.5, 0.6) is 5.88 Å². The van der Waals surface area contributed by atoms with Crippen LogP contribution in [0.3, 0.4) is 0 Å². The van der Waals surface area contributed by atoms with Gasteiger partial charge in [0, 0.05) is 58.8 Å². The van der Waals surface area contributed by atoms with Crippen LogP contribution in [0, 0.1) is 0 Å². The van der Waals surface area contributed by atoms with E-state index < -0.39 is 0 Å². The second-order valence-corrected chi connectivity index (χ2v) is 6.88. The summed E-state index contributed by atoms with van der Waals surface area (Å²) in [4.78, 5) is 11.5. The lowest BCUT2D eigenvalue weighted by Gasteiger charge is -2.34. The average Bonchev–Trinajstić information content (AvgIpc) is 2.76. The van der Waals surface area contributed by atoms with Gasteiger partial charge in [0.25, 0.3) is 0 Å². The van der Waals surface area contributed by atoms with Gasteiger partial charge in [0.05, 0.1) is 19.3 Å². The Morgan fingerprint density at radius 1 is 1.17 bits per heavy atom. The highest BCUT2D eigenvalue weighted by molar-refractivity contribution is 5.80. The van der Waals surface area contributed by atoms with Crippen LogP contribution in [-0.4, -0.2) is 82.2 Å². The van der Waals surface area contributed by atoms with E-state index in [1.807, 2.05) is 12.1 Å². The van der Waals surface area contributed by atoms with E-state index >= 15 is 0 Å². The van der Waals surface area contributed by atoms with Gasteiger partial charge in [-0.1, -0.05) is 6.07 Å². The molecule has 0 aromatic carbocycles. The summed E-state index contributed by atoms with van der Waals surface area (Å²) in [6.45, 7) is 7.83. The minimum absolute atomic E-state index is 0.324. The molecule has 0 spiro atoms. The molecule has 1 aromatic heterocycles. The van der Waals surface area contributed by atoms with E-state index in [1.54, 1.807) is 20.4 Å². The van der Waals surface area contributed by atoms with Gasteiger partial charge in [-0.2, -0.15) is 0 Å². The fourth-order valence-corrected chi connectivity index (χ4v) is 3.17. The number of methoxy groups -OCH3 is 2. The van der Waals surface area contributed by atoms with Crippen LogP contribution >= 0.6 is 0 Å². The van der Waals surface area contributed by atoms with Gasteiger partial charge in [0.1, 0.15) is 6.61 Å². The van der Waals surface area contributed by atoms with Crippen molar-refractivity contribution in [2.75, 3.05) is 60.3 Å². The Morgan fingerprint density at radius 3 is 2.69 bits per heavy atom. The molecule has 29 heavy (non-hydrogen) atoms. The smallest absolute Gasteiger partial charge is 0.218 e. The lowest BCUT2D eigenvalue weighted by atomic mass is 10.1. The van der Waals surface area contributed by atoms with E-state index in [4.69, 9.17) is 23.9 Å². The van der Waals surface area contributed by atoms with Crippen molar-refractivity contribution in [3.63, 3.8) is 0 Å². The van der Waals surface area contributed by atoms with Crippen LogP contribution in [0.1, 0.15) is 31.7 Å². The Hall–Kier alpha value is -1.90. The van der Waals surface area contributed by atoms with E-state index in [0.29, 0.717) is 31.7 Å². The number of piperidine rings is 1. The second-order valence-electron chi connectivity index (χ2n) is 6.88. The van der Waals surface area contributed by atoms with Crippen LogP contribution in [-0.2, 0) is 20.8 Å². The zero-order chi connectivity index (χ0) is 20.7. The number of likely N-dealkylation sites (tertiary alicyclic amines) is 1. The van der Waals surface area contributed by atoms with E-state index in [2.05, 4.69) is 22.1 Å². The number of ether oxygens (including phenoxy) is 4. The molecule has 1 N–H and O–H groups in total. The summed E-state index contributed by atoms with van der Waals surface area (Å²) in [5.74, 6) is 1.55. The first kappa shape index (κ1) is 23.4. The van der Waals surface area contributed by atoms with Crippen LogP contribution in [0.25, 0.3) is 0 Å². The standard InChI is InChI=1S/C21H36N4O4/c1-4-22-21(25-11-8-19(9-12-25)28-14-6-13-26-2)24-17-18-7-5-10-23-20(18)29-16-15-27-3/h5,7,10,19H,4,6,8-9,11-17H2,1-3H3,(H,22,24). The number of hydrogen-bond acceptors (Lipinski definition) is 6. The zero-order valence-corrected chi connectivity index (χ0v) is 18.1. The molecule has 0 atom stereocenters. The summed E-state index contributed by atoms with van der Waals surface area (Å²) in [5.41, 5.74) is 0.968. The number of guanidine groups is 1. The van der Waals surface area contributed by atoms with Crippen molar-refractivity contribution in [1.82, 2.24) is 15.2 Å². The third-order valence-corrected chi connectivity index (χ3v) is 4.70. The van der Waals surface area contributed by atoms with Gasteiger partial charge >= 0.3 is 0 Å². The molecule has 1 saturated heterocycles. The van der Waals surface area contributed by atoms with Gasteiger partial charge in [0.2, 0.25) is 5.88 Å². The summed E-state index contributed by atoms with van der Waals surface area (Å²) in [7, 11) is 3.38. The van der Waals surface area contributed by atoms with Crippen LogP contribution in [0.15, 0.2) is 23.3 Å². The maximum absolute atomic E-state index is 5.96. The third kappa shape index (κ3) is 8.55. The summed E-state index contributed by atoms with van der Waals surface area (Å²) in [5, 5.41) is 3.41. The number of pyridine rings is 1. The van der Waals surface area contributed by atoms with Crippen molar-refractivity contribution < 1.29 is 18.9 Å². The lowest BCUT2D eigenvalue weighted by molar-refractivity contribution is 0.00990. The molecule has 1 aliphatic heterocycles. The predicted octanol–water partition coefficient (Wildman–Crippen LogP) is 2.09. The maximum Gasteiger partial charge on any atom is 0.218 e. The average molecular weight is 409 g/mol. The number of hydrogen-bond donors (Lipinski definition) is 1. The molecule has 0 bridgehead atoms.